The summed E-state index contributed by atoms with van der Waals surface area (Å²) in [6.45, 7) is 3.24. The normalized spacial score (nSPS) is 15.8. The number of hydrogen-bond donors (Lipinski definition) is 1. The molecular weight excluding hydrogens is 182 g/mol. The van der Waals surface area contributed by atoms with Crippen LogP contribution >= 0.6 is 0 Å². The number of nitrogens with zero attached hydrogens (tertiary/aromatic N) is 2. The van der Waals surface area contributed by atoms with Gasteiger partial charge in [-0.25, -0.2) is 0 Å². The maximum Gasteiger partial charge on any atom is 0.321 e. The highest BCUT2D eigenvalue weighted by Crippen LogP contribution is 2.23. The van der Waals surface area contributed by atoms with Crippen molar-refractivity contribution in [3.8, 4) is 0 Å². The van der Waals surface area contributed by atoms with Gasteiger partial charge in [0.15, 0.2) is 5.82 Å². The molecule has 2 rings (SSSR count). The Labute approximate surface area is 82.8 Å². The Morgan fingerprint density at radius 3 is 3.14 bits per heavy atom. The first-order valence-electron chi connectivity index (χ1n) is 5.05. The molecular formula is C9H15N3O2. The number of hydrogen-bond acceptors (Lipinski definition) is 5. The van der Waals surface area contributed by atoms with Gasteiger partial charge in [0.1, 0.15) is 6.61 Å². The van der Waals surface area contributed by atoms with E-state index in [1.54, 1.807) is 0 Å². The molecule has 1 aromatic heterocycles. The van der Waals surface area contributed by atoms with Crippen LogP contribution in [-0.2, 0) is 11.3 Å². The van der Waals surface area contributed by atoms with E-state index in [0.29, 0.717) is 24.5 Å². The molecule has 0 atom stereocenters. The molecule has 0 spiro atoms. The lowest BCUT2D eigenvalue weighted by atomic mass is 10.5. The van der Waals surface area contributed by atoms with Gasteiger partial charge in [-0.2, -0.15) is 4.98 Å². The third kappa shape index (κ3) is 2.70. The molecule has 78 valence electrons. The minimum absolute atomic E-state index is 0.434. The van der Waals surface area contributed by atoms with E-state index in [1.165, 1.54) is 12.8 Å². The monoisotopic (exact) mass is 197 g/mol. The summed E-state index contributed by atoms with van der Waals surface area (Å²) in [7, 11) is 0. The zero-order valence-electron chi connectivity index (χ0n) is 8.32. The first kappa shape index (κ1) is 9.45. The lowest BCUT2D eigenvalue weighted by Gasteiger charge is -1.95. The zero-order valence-corrected chi connectivity index (χ0v) is 8.32. The summed E-state index contributed by atoms with van der Waals surface area (Å²) in [5.74, 6) is 0.613. The molecule has 1 fully saturated rings. The fraction of sp³-hybridized carbons (Fsp3) is 0.778. The second-order valence-electron chi connectivity index (χ2n) is 3.49. The minimum atomic E-state index is 0.434. The predicted octanol–water partition coefficient (Wildman–Crippen LogP) is 1.57. The molecule has 5 nitrogen and oxygen atoms in total. The second-order valence-corrected chi connectivity index (χ2v) is 3.49. The number of ether oxygens (including phenoxy) is 1. The van der Waals surface area contributed by atoms with Crippen LogP contribution in [0.5, 0.6) is 0 Å². The maximum absolute atomic E-state index is 5.29. The van der Waals surface area contributed by atoms with Crippen molar-refractivity contribution >= 4 is 6.01 Å². The highest BCUT2D eigenvalue weighted by atomic mass is 16.5. The van der Waals surface area contributed by atoms with E-state index in [9.17, 15) is 0 Å². The van der Waals surface area contributed by atoms with Crippen LogP contribution in [0.2, 0.25) is 0 Å². The van der Waals surface area contributed by atoms with E-state index in [0.717, 1.165) is 13.0 Å². The summed E-state index contributed by atoms with van der Waals surface area (Å²) in [5.41, 5.74) is 0. The summed E-state index contributed by atoms with van der Waals surface area (Å²) >= 11 is 0. The molecule has 1 N–H and O–H groups in total. The van der Waals surface area contributed by atoms with Crippen LogP contribution < -0.4 is 5.32 Å². The van der Waals surface area contributed by atoms with Gasteiger partial charge in [-0.05, 0) is 19.3 Å². The van der Waals surface area contributed by atoms with Crippen molar-refractivity contribution in [2.75, 3.05) is 11.9 Å². The Morgan fingerprint density at radius 2 is 2.43 bits per heavy atom. The van der Waals surface area contributed by atoms with Gasteiger partial charge in [0, 0.05) is 12.6 Å². The topological polar surface area (TPSA) is 60.2 Å². The summed E-state index contributed by atoms with van der Waals surface area (Å²) in [6, 6.07) is 1.06. The average Bonchev–Trinajstić information content (AvgIpc) is 2.87. The van der Waals surface area contributed by atoms with Crippen LogP contribution in [0.3, 0.4) is 0 Å². The van der Waals surface area contributed by atoms with Gasteiger partial charge in [-0.1, -0.05) is 12.1 Å². The molecule has 1 heterocycles. The molecule has 0 amide bonds. The Kier molecular flexibility index (Phi) is 2.98. The molecule has 0 aromatic carbocycles. The summed E-state index contributed by atoms with van der Waals surface area (Å²) in [5, 5.41) is 6.93. The molecule has 0 bridgehead atoms. The third-order valence-electron chi connectivity index (χ3n) is 1.95. The number of rotatable bonds is 6. The first-order valence-corrected chi connectivity index (χ1v) is 5.05. The average molecular weight is 197 g/mol. The quantitative estimate of drug-likeness (QED) is 0.701. The van der Waals surface area contributed by atoms with Crippen molar-refractivity contribution in [2.24, 2.45) is 0 Å². The van der Waals surface area contributed by atoms with E-state index < -0.39 is 0 Å². The van der Waals surface area contributed by atoms with E-state index in [1.807, 2.05) is 0 Å². The van der Waals surface area contributed by atoms with Crippen molar-refractivity contribution in [3.63, 3.8) is 0 Å². The number of aromatic nitrogens is 2. The fourth-order valence-electron chi connectivity index (χ4n) is 1.08. The smallest absolute Gasteiger partial charge is 0.321 e. The molecule has 5 heteroatoms. The van der Waals surface area contributed by atoms with Crippen molar-refractivity contribution in [1.82, 2.24) is 10.1 Å². The van der Waals surface area contributed by atoms with Gasteiger partial charge in [-0.15, -0.1) is 0 Å². The lowest BCUT2D eigenvalue weighted by Crippen LogP contribution is -2.01. The molecule has 0 saturated heterocycles. The van der Waals surface area contributed by atoms with E-state index >= 15 is 0 Å². The van der Waals surface area contributed by atoms with E-state index in [4.69, 9.17) is 9.26 Å². The summed E-state index contributed by atoms with van der Waals surface area (Å²) in [6.07, 6.45) is 3.40. The van der Waals surface area contributed by atoms with Crippen LogP contribution in [-0.4, -0.2) is 22.8 Å². The van der Waals surface area contributed by atoms with Crippen LogP contribution in [0.25, 0.3) is 0 Å². The second kappa shape index (κ2) is 4.41. The Hall–Kier alpha value is -1.10. The zero-order chi connectivity index (χ0) is 9.80. The lowest BCUT2D eigenvalue weighted by molar-refractivity contribution is 0.114. The van der Waals surface area contributed by atoms with Gasteiger partial charge in [0.2, 0.25) is 0 Å². The van der Waals surface area contributed by atoms with Crippen LogP contribution in [0.1, 0.15) is 32.0 Å². The standard InChI is InChI=1S/C9H15N3O2/c1-2-5-13-6-8-11-9(14-12-8)10-7-3-4-7/h7H,2-6H2,1H3,(H,10,11,12). The van der Waals surface area contributed by atoms with Crippen LogP contribution in [0.15, 0.2) is 4.52 Å². The predicted molar refractivity (Wildman–Crippen MR) is 50.9 cm³/mol. The molecule has 1 aliphatic carbocycles. The minimum Gasteiger partial charge on any atom is -0.373 e. The SMILES string of the molecule is CCCOCc1noc(NC2CC2)n1. The summed E-state index contributed by atoms with van der Waals surface area (Å²) in [4.78, 5) is 4.15. The van der Waals surface area contributed by atoms with Gasteiger partial charge in [0.25, 0.3) is 0 Å². The van der Waals surface area contributed by atoms with Crippen molar-refractivity contribution in [1.29, 1.82) is 0 Å². The molecule has 1 saturated carbocycles. The van der Waals surface area contributed by atoms with Gasteiger partial charge in [0.05, 0.1) is 0 Å². The van der Waals surface area contributed by atoms with Crippen molar-refractivity contribution in [2.45, 2.75) is 38.8 Å². The molecule has 0 radical (unpaired) electrons. The van der Waals surface area contributed by atoms with Gasteiger partial charge >= 0.3 is 6.01 Å². The molecule has 14 heavy (non-hydrogen) atoms. The highest BCUT2D eigenvalue weighted by molar-refractivity contribution is 5.23. The van der Waals surface area contributed by atoms with Crippen molar-refractivity contribution in [3.05, 3.63) is 5.82 Å². The molecule has 0 aliphatic heterocycles. The number of anilines is 1. The summed E-state index contributed by atoms with van der Waals surface area (Å²) < 4.78 is 10.3. The molecule has 1 aliphatic rings. The van der Waals surface area contributed by atoms with Gasteiger partial charge in [-0.3, -0.25) is 0 Å². The fourth-order valence-corrected chi connectivity index (χ4v) is 1.08. The van der Waals surface area contributed by atoms with Crippen molar-refractivity contribution < 1.29 is 9.26 Å². The largest absolute Gasteiger partial charge is 0.373 e. The molecule has 0 unspecified atom stereocenters. The van der Waals surface area contributed by atoms with Crippen LogP contribution in [0, 0.1) is 0 Å². The first-order chi connectivity index (χ1) is 6.88. The Balaban J connectivity index is 1.76. The maximum atomic E-state index is 5.29. The van der Waals surface area contributed by atoms with E-state index in [2.05, 4.69) is 22.4 Å². The highest BCUT2D eigenvalue weighted by Gasteiger charge is 2.23. The number of nitrogens with one attached hydrogen (secondary N) is 1. The Morgan fingerprint density at radius 1 is 1.57 bits per heavy atom. The van der Waals surface area contributed by atoms with E-state index in [-0.39, 0.29) is 0 Å². The third-order valence-corrected chi connectivity index (χ3v) is 1.95. The van der Waals surface area contributed by atoms with Crippen LogP contribution in [0.4, 0.5) is 6.01 Å². The van der Waals surface area contributed by atoms with Gasteiger partial charge < -0.3 is 14.6 Å². The molecule has 1 aromatic rings. The Bertz CT molecular complexity index is 283.